The van der Waals surface area contributed by atoms with Crippen molar-refractivity contribution in [2.45, 2.75) is 33.4 Å². The molecule has 0 atom stereocenters. The predicted molar refractivity (Wildman–Crippen MR) is 94.0 cm³/mol. The van der Waals surface area contributed by atoms with E-state index in [0.717, 1.165) is 5.69 Å². The summed E-state index contributed by atoms with van der Waals surface area (Å²) in [5, 5.41) is 5.47. The van der Waals surface area contributed by atoms with Crippen LogP contribution in [0.25, 0.3) is 11.3 Å². The molecule has 0 spiro atoms. The summed E-state index contributed by atoms with van der Waals surface area (Å²) in [5.74, 6) is 6.33. The molecule has 1 aliphatic rings. The fourth-order valence-corrected chi connectivity index (χ4v) is 3.02. The molecule has 2 aromatic carbocycles. The van der Waals surface area contributed by atoms with Crippen molar-refractivity contribution in [1.82, 2.24) is 5.32 Å². The number of fused-ring (bicyclic) bond motifs is 2. The maximum atomic E-state index is 6.33. The molecule has 0 saturated heterocycles. The highest BCUT2D eigenvalue weighted by Crippen LogP contribution is 2.35. The zero-order chi connectivity index (χ0) is 15.7. The van der Waals surface area contributed by atoms with Crippen LogP contribution in [0.4, 0.5) is 5.69 Å². The summed E-state index contributed by atoms with van der Waals surface area (Å²) < 4.78 is 0. The first-order valence-electron chi connectivity index (χ1n) is 7.75. The normalized spacial score (nSPS) is 17.6. The number of allylic oxidation sites excluding steroid dienone is 1. The Bertz CT molecular complexity index is 716. The van der Waals surface area contributed by atoms with Crippen LogP contribution >= 0.6 is 0 Å². The third-order valence-electron chi connectivity index (χ3n) is 4.05. The summed E-state index contributed by atoms with van der Waals surface area (Å²) in [6.45, 7) is 7.20. The lowest BCUT2D eigenvalue weighted by Gasteiger charge is -2.29. The number of para-hydroxylation sites is 1. The van der Waals surface area contributed by atoms with Crippen LogP contribution < -0.4 is 16.2 Å². The Morgan fingerprint density at radius 3 is 2.36 bits per heavy atom. The Hall–Kier alpha value is -2.26. The van der Waals surface area contributed by atoms with E-state index < -0.39 is 0 Å². The fourth-order valence-electron chi connectivity index (χ4n) is 3.02. The van der Waals surface area contributed by atoms with Gasteiger partial charge in [0.15, 0.2) is 0 Å². The molecule has 0 aliphatic carbocycles. The van der Waals surface area contributed by atoms with E-state index in [1.807, 2.05) is 11.1 Å². The second kappa shape index (κ2) is 5.85. The van der Waals surface area contributed by atoms with Gasteiger partial charge in [-0.1, -0.05) is 42.5 Å². The van der Waals surface area contributed by atoms with Gasteiger partial charge in [-0.15, -0.1) is 0 Å². The Kier molecular flexibility index (Phi) is 3.90. The zero-order valence-electron chi connectivity index (χ0n) is 13.4. The zero-order valence-corrected chi connectivity index (χ0v) is 13.4. The van der Waals surface area contributed by atoms with Gasteiger partial charge in [-0.3, -0.25) is 0 Å². The largest absolute Gasteiger partial charge is 0.382 e. The van der Waals surface area contributed by atoms with Crippen molar-refractivity contribution in [1.29, 1.82) is 0 Å². The lowest BCUT2D eigenvalue weighted by Crippen LogP contribution is -2.33. The van der Waals surface area contributed by atoms with Gasteiger partial charge in [-0.05, 0) is 38.0 Å². The molecule has 114 valence electrons. The number of nitrogens with two attached hydrogens (primary N) is 1. The van der Waals surface area contributed by atoms with E-state index in [9.17, 15) is 0 Å². The minimum atomic E-state index is 0.374. The average molecular weight is 293 g/mol. The van der Waals surface area contributed by atoms with Crippen molar-refractivity contribution >= 4 is 17.0 Å². The second-order valence-corrected chi connectivity index (χ2v) is 6.10. The SMILES string of the molecule is C/C1=C(\NC(C)C)c2ccccc2CN(N)c2ccccc21. The van der Waals surface area contributed by atoms with Crippen molar-refractivity contribution in [3.63, 3.8) is 0 Å². The highest BCUT2D eigenvalue weighted by molar-refractivity contribution is 5.94. The maximum Gasteiger partial charge on any atom is 0.0599 e. The van der Waals surface area contributed by atoms with Gasteiger partial charge in [0.25, 0.3) is 0 Å². The molecule has 0 saturated carbocycles. The van der Waals surface area contributed by atoms with E-state index >= 15 is 0 Å². The van der Waals surface area contributed by atoms with Gasteiger partial charge in [-0.25, -0.2) is 5.84 Å². The van der Waals surface area contributed by atoms with Crippen molar-refractivity contribution in [2.75, 3.05) is 5.01 Å². The summed E-state index contributed by atoms with van der Waals surface area (Å²) in [6, 6.07) is 17.2. The standard InChI is InChI=1S/C19H23N3/c1-13(2)21-19-14(3)16-9-6-7-11-18(16)22(20)12-15-8-4-5-10-17(15)19/h4-11,13,21H,12,20H2,1-3H3/b19-14+. The number of hydrogen-bond acceptors (Lipinski definition) is 3. The second-order valence-electron chi connectivity index (χ2n) is 6.10. The van der Waals surface area contributed by atoms with E-state index in [0.29, 0.717) is 12.6 Å². The smallest absolute Gasteiger partial charge is 0.0599 e. The number of nitrogens with zero attached hydrogens (tertiary/aromatic N) is 1. The van der Waals surface area contributed by atoms with Crippen LogP contribution in [-0.4, -0.2) is 6.04 Å². The molecule has 2 aromatic rings. The molecule has 0 amide bonds. The molecule has 3 N–H and O–H groups in total. The maximum absolute atomic E-state index is 6.33. The molecule has 0 fully saturated rings. The molecule has 22 heavy (non-hydrogen) atoms. The van der Waals surface area contributed by atoms with Gasteiger partial charge in [0.05, 0.1) is 12.2 Å². The van der Waals surface area contributed by atoms with Crippen LogP contribution in [0.1, 0.15) is 37.5 Å². The summed E-state index contributed by atoms with van der Waals surface area (Å²) in [6.07, 6.45) is 0. The molecule has 3 heteroatoms. The Morgan fingerprint density at radius 1 is 1.00 bits per heavy atom. The first-order valence-corrected chi connectivity index (χ1v) is 7.75. The minimum Gasteiger partial charge on any atom is -0.382 e. The first-order chi connectivity index (χ1) is 10.6. The molecule has 3 nitrogen and oxygen atoms in total. The molecule has 0 radical (unpaired) electrons. The van der Waals surface area contributed by atoms with Crippen LogP contribution in [0.15, 0.2) is 48.5 Å². The summed E-state index contributed by atoms with van der Waals surface area (Å²) in [4.78, 5) is 0. The van der Waals surface area contributed by atoms with Crippen molar-refractivity contribution in [3.05, 3.63) is 65.2 Å². The van der Waals surface area contributed by atoms with Gasteiger partial charge in [0, 0.05) is 22.9 Å². The number of rotatable bonds is 2. The number of hydrazine groups is 1. The number of nitrogens with one attached hydrogen (secondary N) is 1. The molecule has 0 aromatic heterocycles. The van der Waals surface area contributed by atoms with Crippen molar-refractivity contribution in [2.24, 2.45) is 5.84 Å². The lowest BCUT2D eigenvalue weighted by atomic mass is 9.93. The molecule has 1 aliphatic heterocycles. The predicted octanol–water partition coefficient (Wildman–Crippen LogP) is 3.77. The van der Waals surface area contributed by atoms with E-state index in [-0.39, 0.29) is 0 Å². The van der Waals surface area contributed by atoms with Crippen molar-refractivity contribution < 1.29 is 0 Å². The summed E-state index contributed by atoms with van der Waals surface area (Å²) in [5.41, 5.74) is 7.15. The number of anilines is 1. The first kappa shape index (κ1) is 14.7. The molecule has 0 bridgehead atoms. The minimum absolute atomic E-state index is 0.374. The highest BCUT2D eigenvalue weighted by atomic mass is 15.4. The number of benzene rings is 2. The Balaban J connectivity index is 2.28. The van der Waals surface area contributed by atoms with E-state index in [4.69, 9.17) is 5.84 Å². The van der Waals surface area contributed by atoms with E-state index in [1.54, 1.807) is 0 Å². The lowest BCUT2D eigenvalue weighted by molar-refractivity contribution is 0.715. The molecule has 0 unspecified atom stereocenters. The molecular weight excluding hydrogens is 270 g/mol. The molecular formula is C19H23N3. The van der Waals surface area contributed by atoms with Crippen LogP contribution in [0.3, 0.4) is 0 Å². The topological polar surface area (TPSA) is 41.3 Å². The van der Waals surface area contributed by atoms with Gasteiger partial charge in [-0.2, -0.15) is 0 Å². The monoisotopic (exact) mass is 293 g/mol. The summed E-state index contributed by atoms with van der Waals surface area (Å²) >= 11 is 0. The van der Waals surface area contributed by atoms with Gasteiger partial charge in [0.1, 0.15) is 0 Å². The Labute approximate surface area is 132 Å². The number of hydrogen-bond donors (Lipinski definition) is 2. The van der Waals surface area contributed by atoms with Crippen molar-refractivity contribution in [3.8, 4) is 0 Å². The molecule has 3 rings (SSSR count). The quantitative estimate of drug-likeness (QED) is 0.828. The fraction of sp³-hybridized carbons (Fsp3) is 0.263. The van der Waals surface area contributed by atoms with Gasteiger partial charge < -0.3 is 10.3 Å². The highest BCUT2D eigenvalue weighted by Gasteiger charge is 2.20. The summed E-state index contributed by atoms with van der Waals surface area (Å²) in [7, 11) is 0. The third kappa shape index (κ3) is 2.60. The van der Waals surface area contributed by atoms with Crippen LogP contribution in [0, 0.1) is 0 Å². The molecule has 1 heterocycles. The van der Waals surface area contributed by atoms with Crippen LogP contribution in [0.5, 0.6) is 0 Å². The average Bonchev–Trinajstić information content (AvgIpc) is 2.51. The van der Waals surface area contributed by atoms with Crippen LogP contribution in [0.2, 0.25) is 0 Å². The van der Waals surface area contributed by atoms with E-state index in [1.165, 1.54) is 28.0 Å². The van der Waals surface area contributed by atoms with Crippen LogP contribution in [-0.2, 0) is 6.54 Å². The van der Waals surface area contributed by atoms with Gasteiger partial charge >= 0.3 is 0 Å². The van der Waals surface area contributed by atoms with Gasteiger partial charge in [0.2, 0.25) is 0 Å². The van der Waals surface area contributed by atoms with E-state index in [2.05, 4.69) is 68.6 Å². The Morgan fingerprint density at radius 2 is 1.64 bits per heavy atom. The third-order valence-corrected chi connectivity index (χ3v) is 4.05.